The van der Waals surface area contributed by atoms with Crippen LogP contribution in [0.4, 0.5) is 0 Å². The zero-order valence-electron chi connectivity index (χ0n) is 9.13. The fourth-order valence-electron chi connectivity index (χ4n) is 1.56. The standard InChI is InChI=1S/C12H17Cl2N/c1-8(2)10(7-15)5-9-3-4-11(13)6-12(9)14/h3-4,6,8,10H,5,7,15H2,1-2H3. The molecule has 0 radical (unpaired) electrons. The van der Waals surface area contributed by atoms with Gasteiger partial charge in [-0.1, -0.05) is 43.1 Å². The highest BCUT2D eigenvalue weighted by molar-refractivity contribution is 6.35. The molecule has 15 heavy (non-hydrogen) atoms. The largest absolute Gasteiger partial charge is 0.330 e. The van der Waals surface area contributed by atoms with E-state index in [1.54, 1.807) is 6.07 Å². The quantitative estimate of drug-likeness (QED) is 0.859. The van der Waals surface area contributed by atoms with Gasteiger partial charge in [0.15, 0.2) is 0 Å². The van der Waals surface area contributed by atoms with Gasteiger partial charge in [-0.25, -0.2) is 0 Å². The lowest BCUT2D eigenvalue weighted by atomic mass is 9.89. The molecule has 3 heteroatoms. The van der Waals surface area contributed by atoms with Gasteiger partial charge in [-0.05, 0) is 42.5 Å². The molecule has 0 aliphatic rings. The summed E-state index contributed by atoms with van der Waals surface area (Å²) < 4.78 is 0. The number of hydrogen-bond acceptors (Lipinski definition) is 1. The van der Waals surface area contributed by atoms with E-state index < -0.39 is 0 Å². The molecule has 2 N–H and O–H groups in total. The van der Waals surface area contributed by atoms with Crippen molar-refractivity contribution in [3.05, 3.63) is 33.8 Å². The number of rotatable bonds is 4. The molecule has 1 aromatic carbocycles. The second-order valence-electron chi connectivity index (χ2n) is 4.18. The average Bonchev–Trinajstić information content (AvgIpc) is 2.16. The molecule has 0 saturated heterocycles. The Morgan fingerprint density at radius 2 is 1.93 bits per heavy atom. The van der Waals surface area contributed by atoms with Crippen LogP contribution >= 0.6 is 23.2 Å². The average molecular weight is 246 g/mol. The monoisotopic (exact) mass is 245 g/mol. The van der Waals surface area contributed by atoms with Gasteiger partial charge in [0.25, 0.3) is 0 Å². The summed E-state index contributed by atoms with van der Waals surface area (Å²) >= 11 is 12.0. The Kier molecular flexibility index (Phi) is 4.91. The van der Waals surface area contributed by atoms with E-state index in [1.165, 1.54) is 0 Å². The van der Waals surface area contributed by atoms with Crippen LogP contribution in [0.25, 0.3) is 0 Å². The fourth-order valence-corrected chi connectivity index (χ4v) is 2.05. The summed E-state index contributed by atoms with van der Waals surface area (Å²) in [7, 11) is 0. The lowest BCUT2D eigenvalue weighted by Crippen LogP contribution is -2.22. The van der Waals surface area contributed by atoms with E-state index in [4.69, 9.17) is 28.9 Å². The van der Waals surface area contributed by atoms with Crippen LogP contribution in [-0.2, 0) is 6.42 Å². The minimum atomic E-state index is 0.476. The summed E-state index contributed by atoms with van der Waals surface area (Å²) in [5.74, 6) is 1.05. The summed E-state index contributed by atoms with van der Waals surface area (Å²) in [4.78, 5) is 0. The molecule has 0 amide bonds. The van der Waals surface area contributed by atoms with Crippen LogP contribution < -0.4 is 5.73 Å². The number of halogens is 2. The molecule has 0 spiro atoms. The van der Waals surface area contributed by atoms with E-state index in [9.17, 15) is 0 Å². The zero-order chi connectivity index (χ0) is 11.4. The maximum Gasteiger partial charge on any atom is 0.0452 e. The lowest BCUT2D eigenvalue weighted by molar-refractivity contribution is 0.392. The van der Waals surface area contributed by atoms with Crippen molar-refractivity contribution in [1.82, 2.24) is 0 Å². The third-order valence-electron chi connectivity index (χ3n) is 2.74. The van der Waals surface area contributed by atoms with Crippen molar-refractivity contribution in [3.8, 4) is 0 Å². The number of hydrogen-bond donors (Lipinski definition) is 1. The summed E-state index contributed by atoms with van der Waals surface area (Å²) in [6.45, 7) is 5.05. The molecule has 1 rings (SSSR count). The Morgan fingerprint density at radius 1 is 1.27 bits per heavy atom. The van der Waals surface area contributed by atoms with Crippen LogP contribution in [0.2, 0.25) is 10.0 Å². The van der Waals surface area contributed by atoms with Gasteiger partial charge < -0.3 is 5.73 Å². The molecule has 84 valence electrons. The first kappa shape index (κ1) is 12.8. The first-order chi connectivity index (χ1) is 7.04. The van der Waals surface area contributed by atoms with Crippen molar-refractivity contribution < 1.29 is 0 Å². The van der Waals surface area contributed by atoms with Crippen molar-refractivity contribution in [2.45, 2.75) is 20.3 Å². The Bertz CT molecular complexity index is 323. The summed E-state index contributed by atoms with van der Waals surface area (Å²) in [5.41, 5.74) is 6.86. The van der Waals surface area contributed by atoms with Crippen molar-refractivity contribution >= 4 is 23.2 Å². The van der Waals surface area contributed by atoms with Gasteiger partial charge in [0, 0.05) is 10.0 Å². The van der Waals surface area contributed by atoms with E-state index >= 15 is 0 Å². The molecule has 1 unspecified atom stereocenters. The predicted octanol–water partition coefficient (Wildman–Crippen LogP) is 3.77. The van der Waals surface area contributed by atoms with Crippen LogP contribution in [0.15, 0.2) is 18.2 Å². The topological polar surface area (TPSA) is 26.0 Å². The third kappa shape index (κ3) is 3.67. The summed E-state index contributed by atoms with van der Waals surface area (Å²) in [5, 5.41) is 1.42. The van der Waals surface area contributed by atoms with Gasteiger partial charge in [-0.15, -0.1) is 0 Å². The van der Waals surface area contributed by atoms with Crippen LogP contribution in [-0.4, -0.2) is 6.54 Å². The van der Waals surface area contributed by atoms with Crippen molar-refractivity contribution in [1.29, 1.82) is 0 Å². The lowest BCUT2D eigenvalue weighted by Gasteiger charge is -2.19. The molecular formula is C12H17Cl2N. The molecule has 1 atom stereocenters. The predicted molar refractivity (Wildman–Crippen MR) is 67.5 cm³/mol. The van der Waals surface area contributed by atoms with Crippen LogP contribution in [0.5, 0.6) is 0 Å². The van der Waals surface area contributed by atoms with Gasteiger partial charge in [0.2, 0.25) is 0 Å². The van der Waals surface area contributed by atoms with E-state index in [0.717, 1.165) is 17.0 Å². The van der Waals surface area contributed by atoms with Crippen LogP contribution in [0.3, 0.4) is 0 Å². The first-order valence-corrected chi connectivity index (χ1v) is 5.94. The Balaban J connectivity index is 2.79. The second-order valence-corrected chi connectivity index (χ2v) is 5.02. The highest BCUT2D eigenvalue weighted by Gasteiger charge is 2.13. The maximum absolute atomic E-state index is 6.11. The molecule has 1 nitrogen and oxygen atoms in total. The molecule has 1 aromatic rings. The Labute approximate surface area is 102 Å². The highest BCUT2D eigenvalue weighted by Crippen LogP contribution is 2.25. The number of benzene rings is 1. The Morgan fingerprint density at radius 3 is 2.40 bits per heavy atom. The summed E-state index contributed by atoms with van der Waals surface area (Å²) in [6, 6.07) is 5.64. The molecule has 0 bridgehead atoms. The zero-order valence-corrected chi connectivity index (χ0v) is 10.6. The highest BCUT2D eigenvalue weighted by atomic mass is 35.5. The molecule has 0 saturated carbocycles. The second kappa shape index (κ2) is 5.74. The summed E-state index contributed by atoms with van der Waals surface area (Å²) in [6.07, 6.45) is 0.921. The maximum atomic E-state index is 6.11. The fraction of sp³-hybridized carbons (Fsp3) is 0.500. The van der Waals surface area contributed by atoms with Crippen molar-refractivity contribution in [3.63, 3.8) is 0 Å². The molecule has 0 heterocycles. The van der Waals surface area contributed by atoms with Gasteiger partial charge >= 0.3 is 0 Å². The van der Waals surface area contributed by atoms with Gasteiger partial charge in [-0.3, -0.25) is 0 Å². The smallest absolute Gasteiger partial charge is 0.0452 e. The molecular weight excluding hydrogens is 229 g/mol. The molecule has 0 fully saturated rings. The van der Waals surface area contributed by atoms with E-state index in [0.29, 0.717) is 23.4 Å². The molecule has 0 aliphatic heterocycles. The minimum absolute atomic E-state index is 0.476. The van der Waals surface area contributed by atoms with Gasteiger partial charge in [0.05, 0.1) is 0 Å². The van der Waals surface area contributed by atoms with E-state index in [2.05, 4.69) is 13.8 Å². The van der Waals surface area contributed by atoms with Crippen LogP contribution in [0, 0.1) is 11.8 Å². The van der Waals surface area contributed by atoms with Crippen molar-refractivity contribution in [2.75, 3.05) is 6.54 Å². The first-order valence-electron chi connectivity index (χ1n) is 5.18. The normalized spacial score (nSPS) is 13.2. The molecule has 0 aromatic heterocycles. The third-order valence-corrected chi connectivity index (χ3v) is 3.33. The van der Waals surface area contributed by atoms with Gasteiger partial charge in [0.1, 0.15) is 0 Å². The SMILES string of the molecule is CC(C)C(CN)Cc1ccc(Cl)cc1Cl. The van der Waals surface area contributed by atoms with Crippen molar-refractivity contribution in [2.24, 2.45) is 17.6 Å². The molecule has 0 aliphatic carbocycles. The van der Waals surface area contributed by atoms with Gasteiger partial charge in [-0.2, -0.15) is 0 Å². The van der Waals surface area contributed by atoms with E-state index in [1.807, 2.05) is 12.1 Å². The number of nitrogens with two attached hydrogens (primary N) is 1. The van der Waals surface area contributed by atoms with E-state index in [-0.39, 0.29) is 0 Å². The minimum Gasteiger partial charge on any atom is -0.330 e. The van der Waals surface area contributed by atoms with Crippen LogP contribution in [0.1, 0.15) is 19.4 Å². The Hall–Kier alpha value is -0.240.